The standard InChI is InChI=1S/C22H31N/c1-3-7-18(2)16-22-8-5-4-6-15-23(22)17-19-9-11-20(12-10-19)21-13-14-21/h8-12,16,21H,3-7,13-15,17H2,1-2H3/b18-16-. The van der Waals surface area contributed by atoms with Crippen LogP contribution >= 0.6 is 0 Å². The van der Waals surface area contributed by atoms with Gasteiger partial charge in [0.1, 0.15) is 0 Å². The van der Waals surface area contributed by atoms with Gasteiger partial charge < -0.3 is 4.90 Å². The van der Waals surface area contributed by atoms with E-state index in [1.807, 2.05) is 0 Å². The fourth-order valence-electron chi connectivity index (χ4n) is 3.53. The van der Waals surface area contributed by atoms with Crippen molar-refractivity contribution in [3.63, 3.8) is 0 Å². The minimum Gasteiger partial charge on any atom is -0.367 e. The molecular weight excluding hydrogens is 278 g/mol. The molecule has 0 radical (unpaired) electrons. The molecule has 1 aliphatic carbocycles. The van der Waals surface area contributed by atoms with E-state index in [1.54, 1.807) is 5.56 Å². The topological polar surface area (TPSA) is 3.24 Å². The summed E-state index contributed by atoms with van der Waals surface area (Å²) in [5, 5.41) is 0. The first kappa shape index (κ1) is 16.4. The molecule has 0 atom stereocenters. The Morgan fingerprint density at radius 1 is 1.17 bits per heavy atom. The van der Waals surface area contributed by atoms with Crippen molar-refractivity contribution < 1.29 is 0 Å². The zero-order valence-electron chi connectivity index (χ0n) is 14.9. The Kier molecular flexibility index (Phi) is 5.59. The van der Waals surface area contributed by atoms with E-state index >= 15 is 0 Å². The summed E-state index contributed by atoms with van der Waals surface area (Å²) in [6, 6.07) is 9.40. The zero-order chi connectivity index (χ0) is 16.1. The number of hydrogen-bond donors (Lipinski definition) is 0. The predicted molar refractivity (Wildman–Crippen MR) is 99.4 cm³/mol. The van der Waals surface area contributed by atoms with Gasteiger partial charge in [0, 0.05) is 18.8 Å². The Balaban J connectivity index is 1.70. The van der Waals surface area contributed by atoms with Crippen molar-refractivity contribution in [2.24, 2.45) is 0 Å². The molecule has 1 nitrogen and oxygen atoms in total. The Hall–Kier alpha value is -1.50. The van der Waals surface area contributed by atoms with E-state index in [2.05, 4.69) is 55.2 Å². The molecule has 3 rings (SSSR count). The highest BCUT2D eigenvalue weighted by Gasteiger charge is 2.23. The molecule has 0 amide bonds. The van der Waals surface area contributed by atoms with Gasteiger partial charge in [0.05, 0.1) is 0 Å². The van der Waals surface area contributed by atoms with Crippen molar-refractivity contribution in [2.75, 3.05) is 6.54 Å². The highest BCUT2D eigenvalue weighted by Crippen LogP contribution is 2.40. The Morgan fingerprint density at radius 2 is 1.96 bits per heavy atom. The molecule has 1 heteroatoms. The summed E-state index contributed by atoms with van der Waals surface area (Å²) in [5.74, 6) is 0.859. The predicted octanol–water partition coefficient (Wildman–Crippen LogP) is 6.18. The van der Waals surface area contributed by atoms with Gasteiger partial charge in [-0.05, 0) is 68.6 Å². The molecule has 0 unspecified atom stereocenters. The van der Waals surface area contributed by atoms with Gasteiger partial charge in [0.15, 0.2) is 0 Å². The van der Waals surface area contributed by atoms with Crippen LogP contribution in [0.2, 0.25) is 0 Å². The summed E-state index contributed by atoms with van der Waals surface area (Å²) in [7, 11) is 0. The fraction of sp³-hybridized carbons (Fsp3) is 0.545. The summed E-state index contributed by atoms with van der Waals surface area (Å²) in [5.41, 5.74) is 5.94. The van der Waals surface area contributed by atoms with E-state index in [0.717, 1.165) is 12.5 Å². The van der Waals surface area contributed by atoms with Crippen molar-refractivity contribution in [3.05, 3.63) is 58.8 Å². The van der Waals surface area contributed by atoms with Gasteiger partial charge in [-0.2, -0.15) is 0 Å². The summed E-state index contributed by atoms with van der Waals surface area (Å²) in [6.45, 7) is 6.77. The van der Waals surface area contributed by atoms with Crippen LogP contribution in [0, 0.1) is 0 Å². The van der Waals surface area contributed by atoms with Gasteiger partial charge in [-0.25, -0.2) is 0 Å². The minimum absolute atomic E-state index is 0.859. The molecule has 1 fully saturated rings. The second-order valence-corrected chi connectivity index (χ2v) is 7.30. The van der Waals surface area contributed by atoms with Gasteiger partial charge in [-0.15, -0.1) is 0 Å². The van der Waals surface area contributed by atoms with Gasteiger partial charge in [-0.1, -0.05) is 49.3 Å². The highest BCUT2D eigenvalue weighted by molar-refractivity contribution is 5.29. The number of benzene rings is 1. The summed E-state index contributed by atoms with van der Waals surface area (Å²) in [6.07, 6.45) is 13.9. The second kappa shape index (κ2) is 7.86. The van der Waals surface area contributed by atoms with Gasteiger partial charge in [0.25, 0.3) is 0 Å². The van der Waals surface area contributed by atoms with Gasteiger partial charge in [-0.3, -0.25) is 0 Å². The number of nitrogens with zero attached hydrogens (tertiary/aromatic N) is 1. The van der Waals surface area contributed by atoms with Crippen LogP contribution < -0.4 is 0 Å². The van der Waals surface area contributed by atoms with Crippen LogP contribution in [0.5, 0.6) is 0 Å². The average Bonchev–Trinajstić information content (AvgIpc) is 3.38. The van der Waals surface area contributed by atoms with Gasteiger partial charge in [0.2, 0.25) is 0 Å². The highest BCUT2D eigenvalue weighted by atomic mass is 15.1. The lowest BCUT2D eigenvalue weighted by molar-refractivity contribution is 0.346. The summed E-state index contributed by atoms with van der Waals surface area (Å²) < 4.78 is 0. The molecule has 0 bridgehead atoms. The van der Waals surface area contributed by atoms with Gasteiger partial charge >= 0.3 is 0 Å². The Bertz CT molecular complexity index is 560. The SMILES string of the molecule is CCC/C(C)=C\C1=CCCCCN1Cc1ccc(C2CC2)cc1. The van der Waals surface area contributed by atoms with Crippen LogP contribution in [0.15, 0.2) is 47.7 Å². The lowest BCUT2D eigenvalue weighted by atomic mass is 10.1. The van der Waals surface area contributed by atoms with Crippen LogP contribution in [0.3, 0.4) is 0 Å². The maximum atomic E-state index is 2.58. The van der Waals surface area contributed by atoms with Crippen LogP contribution in [-0.2, 0) is 6.54 Å². The van der Waals surface area contributed by atoms with E-state index in [0.29, 0.717) is 0 Å². The molecule has 1 aromatic carbocycles. The largest absolute Gasteiger partial charge is 0.367 e. The molecule has 0 saturated heterocycles. The van der Waals surface area contributed by atoms with E-state index in [9.17, 15) is 0 Å². The summed E-state index contributed by atoms with van der Waals surface area (Å²) in [4.78, 5) is 2.58. The summed E-state index contributed by atoms with van der Waals surface area (Å²) >= 11 is 0. The average molecular weight is 309 g/mol. The molecule has 1 aliphatic heterocycles. The fourth-order valence-corrected chi connectivity index (χ4v) is 3.53. The maximum absolute atomic E-state index is 2.58. The number of rotatable bonds is 6. The molecule has 1 saturated carbocycles. The third kappa shape index (κ3) is 4.73. The Labute approximate surface area is 142 Å². The first-order valence-corrected chi connectivity index (χ1v) is 9.47. The van der Waals surface area contributed by atoms with Crippen LogP contribution in [0.4, 0.5) is 0 Å². The lowest BCUT2D eigenvalue weighted by Crippen LogP contribution is -2.22. The van der Waals surface area contributed by atoms with Crippen LogP contribution in [-0.4, -0.2) is 11.4 Å². The first-order chi connectivity index (χ1) is 11.3. The smallest absolute Gasteiger partial charge is 0.0429 e. The van der Waals surface area contributed by atoms with Crippen molar-refractivity contribution in [3.8, 4) is 0 Å². The van der Waals surface area contributed by atoms with E-state index in [4.69, 9.17) is 0 Å². The zero-order valence-corrected chi connectivity index (χ0v) is 14.9. The quantitative estimate of drug-likeness (QED) is 0.606. The second-order valence-electron chi connectivity index (χ2n) is 7.30. The van der Waals surface area contributed by atoms with E-state index in [1.165, 1.54) is 68.3 Å². The molecule has 23 heavy (non-hydrogen) atoms. The molecule has 124 valence electrons. The third-order valence-corrected chi connectivity index (χ3v) is 5.04. The van der Waals surface area contributed by atoms with E-state index in [-0.39, 0.29) is 0 Å². The molecule has 2 aliphatic rings. The normalized spacial score (nSPS) is 19.5. The molecule has 1 aromatic rings. The maximum Gasteiger partial charge on any atom is 0.0429 e. The molecule has 0 spiro atoms. The molecule has 1 heterocycles. The van der Waals surface area contributed by atoms with Crippen LogP contribution in [0.1, 0.15) is 75.8 Å². The molecule has 0 aromatic heterocycles. The third-order valence-electron chi connectivity index (χ3n) is 5.04. The number of hydrogen-bond acceptors (Lipinski definition) is 1. The van der Waals surface area contributed by atoms with Crippen LogP contribution in [0.25, 0.3) is 0 Å². The Morgan fingerprint density at radius 3 is 2.65 bits per heavy atom. The molecular formula is C22H31N. The van der Waals surface area contributed by atoms with E-state index < -0.39 is 0 Å². The van der Waals surface area contributed by atoms with Crippen molar-refractivity contribution in [1.29, 1.82) is 0 Å². The number of allylic oxidation sites excluding steroid dienone is 3. The molecule has 0 N–H and O–H groups in total. The van der Waals surface area contributed by atoms with Crippen molar-refractivity contribution in [2.45, 2.75) is 71.3 Å². The minimum atomic E-state index is 0.859. The monoisotopic (exact) mass is 309 g/mol. The lowest BCUT2D eigenvalue weighted by Gasteiger charge is -2.25. The first-order valence-electron chi connectivity index (χ1n) is 9.47. The van der Waals surface area contributed by atoms with Crippen molar-refractivity contribution >= 4 is 0 Å². The van der Waals surface area contributed by atoms with Crippen molar-refractivity contribution in [1.82, 2.24) is 4.90 Å².